The molecule has 0 bridgehead atoms. The summed E-state index contributed by atoms with van der Waals surface area (Å²) in [5, 5.41) is 8.94. The molecule has 1 N–H and O–H groups in total. The fourth-order valence-corrected chi connectivity index (χ4v) is 3.88. The summed E-state index contributed by atoms with van der Waals surface area (Å²) in [5.41, 5.74) is 0. The Kier molecular flexibility index (Phi) is 4.78. The minimum absolute atomic E-state index is 0.0201. The molecule has 1 atom stereocenters. The topological polar surface area (TPSA) is 77.9 Å². The molecule has 0 aromatic heterocycles. The molecule has 1 aliphatic heterocycles. The number of benzene rings is 1. The first-order chi connectivity index (χ1) is 10.2. The number of carboxylic acid groups (broad SMARTS) is 1. The van der Waals surface area contributed by atoms with Crippen LogP contribution in [0.3, 0.4) is 0 Å². The Morgan fingerprint density at radius 1 is 1.18 bits per heavy atom. The van der Waals surface area contributed by atoms with E-state index in [9.17, 15) is 22.0 Å². The third-order valence-electron chi connectivity index (χ3n) is 3.70. The molecule has 1 saturated heterocycles. The van der Waals surface area contributed by atoms with Crippen LogP contribution in [0.1, 0.15) is 6.92 Å². The average molecular weight is 334 g/mol. The van der Waals surface area contributed by atoms with Gasteiger partial charge in [0.15, 0.2) is 4.90 Å². The van der Waals surface area contributed by atoms with Crippen LogP contribution in [0.2, 0.25) is 0 Å². The van der Waals surface area contributed by atoms with Gasteiger partial charge in [-0.25, -0.2) is 17.2 Å². The molecule has 9 heteroatoms. The average Bonchev–Trinajstić information content (AvgIpc) is 2.46. The number of nitrogens with zero attached hydrogens (tertiary/aromatic N) is 2. The first-order valence-corrected chi connectivity index (χ1v) is 8.10. The van der Waals surface area contributed by atoms with E-state index < -0.39 is 38.6 Å². The van der Waals surface area contributed by atoms with Gasteiger partial charge in [-0.05, 0) is 19.1 Å². The summed E-state index contributed by atoms with van der Waals surface area (Å²) in [7, 11) is -4.28. The molecular weight excluding hydrogens is 318 g/mol. The van der Waals surface area contributed by atoms with Gasteiger partial charge in [-0.1, -0.05) is 6.07 Å². The number of carbonyl (C=O) groups is 1. The summed E-state index contributed by atoms with van der Waals surface area (Å²) in [6.45, 7) is 1.83. The monoisotopic (exact) mass is 334 g/mol. The zero-order valence-electron chi connectivity index (χ0n) is 11.9. The molecular formula is C13H16F2N2O4S. The van der Waals surface area contributed by atoms with E-state index in [1.54, 1.807) is 4.90 Å². The summed E-state index contributed by atoms with van der Waals surface area (Å²) < 4.78 is 53.0. The summed E-state index contributed by atoms with van der Waals surface area (Å²) in [6, 6.07) is 2.13. The normalized spacial score (nSPS) is 19.0. The first kappa shape index (κ1) is 16.8. The number of sulfonamides is 1. The lowest BCUT2D eigenvalue weighted by Crippen LogP contribution is -2.53. The number of piperazine rings is 1. The molecule has 2 rings (SSSR count). The van der Waals surface area contributed by atoms with Crippen molar-refractivity contribution in [3.8, 4) is 0 Å². The second-order valence-electron chi connectivity index (χ2n) is 5.01. The van der Waals surface area contributed by atoms with Crippen LogP contribution in [0.5, 0.6) is 0 Å². The fourth-order valence-electron chi connectivity index (χ4n) is 2.35. The Morgan fingerprint density at radius 3 is 2.14 bits per heavy atom. The van der Waals surface area contributed by atoms with Crippen molar-refractivity contribution < 1.29 is 27.1 Å². The second-order valence-corrected chi connectivity index (χ2v) is 6.88. The molecule has 0 unspecified atom stereocenters. The van der Waals surface area contributed by atoms with Gasteiger partial charge in [-0.15, -0.1) is 0 Å². The van der Waals surface area contributed by atoms with E-state index in [0.717, 1.165) is 22.5 Å². The third-order valence-corrected chi connectivity index (χ3v) is 5.65. The van der Waals surface area contributed by atoms with E-state index in [2.05, 4.69) is 0 Å². The molecule has 0 aliphatic carbocycles. The molecule has 22 heavy (non-hydrogen) atoms. The van der Waals surface area contributed by atoms with Crippen LogP contribution in [-0.4, -0.2) is 60.9 Å². The maximum atomic E-state index is 13.7. The Bertz CT molecular complexity index is 652. The lowest BCUT2D eigenvalue weighted by Gasteiger charge is -2.35. The van der Waals surface area contributed by atoms with E-state index in [4.69, 9.17) is 5.11 Å². The lowest BCUT2D eigenvalue weighted by molar-refractivity contribution is -0.143. The van der Waals surface area contributed by atoms with E-state index in [0.29, 0.717) is 0 Å². The van der Waals surface area contributed by atoms with Crippen LogP contribution < -0.4 is 0 Å². The van der Waals surface area contributed by atoms with Crippen molar-refractivity contribution in [1.82, 2.24) is 9.21 Å². The zero-order chi connectivity index (χ0) is 16.5. The number of carboxylic acids is 1. The lowest BCUT2D eigenvalue weighted by atomic mass is 10.2. The standard InChI is InChI=1S/C13H16F2N2O4S/c1-9(13(18)19)16-5-7-17(8-6-16)22(20,21)12-10(14)3-2-4-11(12)15/h2-4,9H,5-8H2,1H3,(H,18,19)/t9-/m0/s1. The fraction of sp³-hybridized carbons (Fsp3) is 0.462. The highest BCUT2D eigenvalue weighted by Gasteiger charge is 2.34. The van der Waals surface area contributed by atoms with Crippen molar-refractivity contribution in [2.24, 2.45) is 0 Å². The van der Waals surface area contributed by atoms with E-state index in [1.165, 1.54) is 6.92 Å². The van der Waals surface area contributed by atoms with E-state index in [-0.39, 0.29) is 26.2 Å². The molecule has 6 nitrogen and oxygen atoms in total. The maximum absolute atomic E-state index is 13.7. The molecule has 0 amide bonds. The van der Waals surface area contributed by atoms with Crippen LogP contribution >= 0.6 is 0 Å². The van der Waals surface area contributed by atoms with Gasteiger partial charge >= 0.3 is 5.97 Å². The summed E-state index contributed by atoms with van der Waals surface area (Å²) in [4.78, 5) is 11.6. The summed E-state index contributed by atoms with van der Waals surface area (Å²) >= 11 is 0. The number of aliphatic carboxylic acids is 1. The van der Waals surface area contributed by atoms with Crippen molar-refractivity contribution in [1.29, 1.82) is 0 Å². The van der Waals surface area contributed by atoms with Crippen molar-refractivity contribution in [2.45, 2.75) is 17.9 Å². The highest BCUT2D eigenvalue weighted by atomic mass is 32.2. The summed E-state index contributed by atoms with van der Waals surface area (Å²) in [5.74, 6) is -3.28. The van der Waals surface area contributed by atoms with Gasteiger partial charge in [0.1, 0.15) is 17.7 Å². The van der Waals surface area contributed by atoms with Gasteiger partial charge in [-0.3, -0.25) is 9.69 Å². The molecule has 1 fully saturated rings. The summed E-state index contributed by atoms with van der Waals surface area (Å²) in [6.07, 6.45) is 0. The van der Waals surface area contributed by atoms with Crippen molar-refractivity contribution >= 4 is 16.0 Å². The predicted molar refractivity (Wildman–Crippen MR) is 73.8 cm³/mol. The van der Waals surface area contributed by atoms with Gasteiger partial charge in [0.05, 0.1) is 0 Å². The number of halogens is 2. The molecule has 1 aliphatic rings. The van der Waals surface area contributed by atoms with Crippen molar-refractivity contribution in [3.63, 3.8) is 0 Å². The van der Waals surface area contributed by atoms with Crippen LogP contribution in [-0.2, 0) is 14.8 Å². The number of rotatable bonds is 4. The predicted octanol–water partition coefficient (Wildman–Crippen LogP) is 0.744. The van der Waals surface area contributed by atoms with Crippen molar-refractivity contribution in [3.05, 3.63) is 29.8 Å². The Labute approximate surface area is 127 Å². The molecule has 1 heterocycles. The molecule has 1 aromatic carbocycles. The van der Waals surface area contributed by atoms with E-state index >= 15 is 0 Å². The Morgan fingerprint density at radius 2 is 1.68 bits per heavy atom. The molecule has 122 valence electrons. The minimum atomic E-state index is -4.28. The largest absolute Gasteiger partial charge is 0.480 e. The molecule has 0 spiro atoms. The van der Waals surface area contributed by atoms with Gasteiger partial charge in [0.2, 0.25) is 10.0 Å². The van der Waals surface area contributed by atoms with Gasteiger partial charge < -0.3 is 5.11 Å². The van der Waals surface area contributed by atoms with Gasteiger partial charge in [0, 0.05) is 26.2 Å². The molecule has 1 aromatic rings. The third kappa shape index (κ3) is 3.11. The van der Waals surface area contributed by atoms with Crippen LogP contribution in [0.4, 0.5) is 8.78 Å². The highest BCUT2D eigenvalue weighted by molar-refractivity contribution is 7.89. The second kappa shape index (κ2) is 6.27. The van der Waals surface area contributed by atoms with E-state index in [1.807, 2.05) is 0 Å². The number of hydrogen-bond donors (Lipinski definition) is 1. The van der Waals surface area contributed by atoms with Gasteiger partial charge in [0.25, 0.3) is 0 Å². The molecule has 0 saturated carbocycles. The SMILES string of the molecule is C[C@@H](C(=O)O)N1CCN(S(=O)(=O)c2c(F)cccc2F)CC1. The zero-order valence-corrected chi connectivity index (χ0v) is 12.7. The first-order valence-electron chi connectivity index (χ1n) is 6.66. The minimum Gasteiger partial charge on any atom is -0.480 e. The van der Waals surface area contributed by atoms with Crippen molar-refractivity contribution in [2.75, 3.05) is 26.2 Å². The Balaban J connectivity index is 2.19. The smallest absolute Gasteiger partial charge is 0.320 e. The van der Waals surface area contributed by atoms with Crippen LogP contribution in [0.15, 0.2) is 23.1 Å². The number of hydrogen-bond acceptors (Lipinski definition) is 4. The highest BCUT2D eigenvalue weighted by Crippen LogP contribution is 2.23. The Hall–Kier alpha value is -1.58. The maximum Gasteiger partial charge on any atom is 0.320 e. The quantitative estimate of drug-likeness (QED) is 0.879. The molecule has 0 radical (unpaired) electrons. The van der Waals surface area contributed by atoms with Crippen LogP contribution in [0.25, 0.3) is 0 Å². The van der Waals surface area contributed by atoms with Crippen LogP contribution in [0, 0.1) is 11.6 Å². The van der Waals surface area contributed by atoms with Gasteiger partial charge in [-0.2, -0.15) is 4.31 Å².